The number of rotatable bonds is 3. The summed E-state index contributed by atoms with van der Waals surface area (Å²) in [6, 6.07) is 2.19. The fourth-order valence-corrected chi connectivity index (χ4v) is 2.40. The van der Waals surface area contributed by atoms with Gasteiger partial charge in [0.1, 0.15) is 5.82 Å². The van der Waals surface area contributed by atoms with Crippen molar-refractivity contribution in [3.63, 3.8) is 0 Å². The molecule has 1 aliphatic carbocycles. The molecule has 1 aliphatic rings. The number of imidazole rings is 1. The molecule has 1 heterocycles. The first-order valence-electron chi connectivity index (χ1n) is 5.80. The number of aryl methyl sites for hydroxylation is 1. The van der Waals surface area contributed by atoms with Crippen molar-refractivity contribution in [1.29, 1.82) is 5.26 Å². The van der Waals surface area contributed by atoms with E-state index in [9.17, 15) is 0 Å². The molecule has 0 atom stereocenters. The van der Waals surface area contributed by atoms with E-state index in [4.69, 9.17) is 5.26 Å². The summed E-state index contributed by atoms with van der Waals surface area (Å²) in [5, 5.41) is 8.58. The highest BCUT2D eigenvalue weighted by Gasteiger charge is 2.19. The zero-order valence-electron chi connectivity index (χ0n) is 9.02. The lowest BCUT2D eigenvalue weighted by Gasteiger charge is -2.21. The van der Waals surface area contributed by atoms with Crippen LogP contribution in [0.2, 0.25) is 0 Å². The molecule has 0 aromatic carbocycles. The molecule has 3 nitrogen and oxygen atoms in total. The van der Waals surface area contributed by atoms with Crippen molar-refractivity contribution in [2.75, 3.05) is 0 Å². The second-order valence-electron chi connectivity index (χ2n) is 4.22. The van der Waals surface area contributed by atoms with Gasteiger partial charge >= 0.3 is 0 Å². The Morgan fingerprint density at radius 2 is 2.20 bits per heavy atom. The quantitative estimate of drug-likeness (QED) is 0.758. The minimum absolute atomic E-state index is 0.579. The van der Waals surface area contributed by atoms with Gasteiger partial charge in [0.2, 0.25) is 0 Å². The number of nitrogens with zero attached hydrogens (tertiary/aromatic N) is 3. The third-order valence-corrected chi connectivity index (χ3v) is 3.18. The van der Waals surface area contributed by atoms with Gasteiger partial charge in [-0.05, 0) is 12.8 Å². The van der Waals surface area contributed by atoms with E-state index >= 15 is 0 Å². The first-order chi connectivity index (χ1) is 7.42. The molecule has 2 rings (SSSR count). The maximum absolute atomic E-state index is 8.58. The predicted molar refractivity (Wildman–Crippen MR) is 58.3 cm³/mol. The van der Waals surface area contributed by atoms with Crippen molar-refractivity contribution < 1.29 is 0 Å². The van der Waals surface area contributed by atoms with Crippen LogP contribution in [0.1, 0.15) is 50.3 Å². The molecular formula is C12H17N3. The summed E-state index contributed by atoms with van der Waals surface area (Å²) in [7, 11) is 0. The molecule has 1 fully saturated rings. The van der Waals surface area contributed by atoms with E-state index in [0.717, 1.165) is 6.54 Å². The minimum Gasteiger partial charge on any atom is -0.334 e. The number of nitriles is 1. The van der Waals surface area contributed by atoms with Crippen LogP contribution in [0, 0.1) is 11.3 Å². The lowest BCUT2D eigenvalue weighted by Crippen LogP contribution is -2.12. The van der Waals surface area contributed by atoms with Crippen LogP contribution in [-0.4, -0.2) is 9.55 Å². The van der Waals surface area contributed by atoms with Gasteiger partial charge in [-0.3, -0.25) is 0 Å². The molecule has 0 amide bonds. The minimum atomic E-state index is 0.579. The SMILES string of the molecule is N#CCCn1ccnc1C1CCCCC1. The molecule has 0 aliphatic heterocycles. The van der Waals surface area contributed by atoms with E-state index in [-0.39, 0.29) is 0 Å². The van der Waals surface area contributed by atoms with Crippen LogP contribution in [-0.2, 0) is 6.54 Å². The zero-order valence-corrected chi connectivity index (χ0v) is 9.02. The third-order valence-electron chi connectivity index (χ3n) is 3.18. The summed E-state index contributed by atoms with van der Waals surface area (Å²) >= 11 is 0. The molecule has 0 N–H and O–H groups in total. The van der Waals surface area contributed by atoms with Gasteiger partial charge in [0.05, 0.1) is 12.5 Å². The van der Waals surface area contributed by atoms with E-state index in [0.29, 0.717) is 12.3 Å². The van der Waals surface area contributed by atoms with Crippen LogP contribution in [0.25, 0.3) is 0 Å². The number of hydrogen-bond acceptors (Lipinski definition) is 2. The highest BCUT2D eigenvalue weighted by Crippen LogP contribution is 2.31. The first-order valence-corrected chi connectivity index (χ1v) is 5.80. The van der Waals surface area contributed by atoms with Crippen LogP contribution in [0.4, 0.5) is 0 Å². The van der Waals surface area contributed by atoms with Gasteiger partial charge in [-0.2, -0.15) is 5.26 Å². The molecule has 0 bridgehead atoms. The van der Waals surface area contributed by atoms with E-state index < -0.39 is 0 Å². The van der Waals surface area contributed by atoms with Crippen LogP contribution in [0.15, 0.2) is 12.4 Å². The summed E-state index contributed by atoms with van der Waals surface area (Å²) in [5.74, 6) is 1.83. The van der Waals surface area contributed by atoms with Gasteiger partial charge < -0.3 is 4.57 Å². The normalized spacial score (nSPS) is 17.5. The molecule has 1 saturated carbocycles. The first kappa shape index (κ1) is 10.2. The smallest absolute Gasteiger partial charge is 0.111 e. The highest BCUT2D eigenvalue weighted by molar-refractivity contribution is 5.02. The summed E-state index contributed by atoms with van der Waals surface area (Å²) in [6.45, 7) is 0.794. The van der Waals surface area contributed by atoms with Gasteiger partial charge in [-0.25, -0.2) is 4.98 Å². The monoisotopic (exact) mass is 203 g/mol. The van der Waals surface area contributed by atoms with Crippen LogP contribution in [0.3, 0.4) is 0 Å². The Kier molecular flexibility index (Phi) is 3.39. The van der Waals surface area contributed by atoms with Crippen LogP contribution >= 0.6 is 0 Å². The molecule has 1 aromatic heterocycles. The summed E-state index contributed by atoms with van der Waals surface area (Å²) in [6.07, 6.45) is 11.0. The lowest BCUT2D eigenvalue weighted by atomic mass is 9.88. The van der Waals surface area contributed by atoms with E-state index in [1.54, 1.807) is 0 Å². The van der Waals surface area contributed by atoms with Gasteiger partial charge in [0.15, 0.2) is 0 Å². The van der Waals surface area contributed by atoms with E-state index in [2.05, 4.69) is 15.6 Å². The second kappa shape index (κ2) is 4.97. The molecule has 0 spiro atoms. The van der Waals surface area contributed by atoms with Gasteiger partial charge in [-0.1, -0.05) is 19.3 Å². The number of hydrogen-bond donors (Lipinski definition) is 0. The Morgan fingerprint density at radius 3 is 2.93 bits per heavy atom. The van der Waals surface area contributed by atoms with Gasteiger partial charge in [0.25, 0.3) is 0 Å². The molecular weight excluding hydrogens is 186 g/mol. The summed E-state index contributed by atoms with van der Waals surface area (Å²) < 4.78 is 2.15. The van der Waals surface area contributed by atoms with Gasteiger partial charge in [-0.15, -0.1) is 0 Å². The third kappa shape index (κ3) is 2.38. The zero-order chi connectivity index (χ0) is 10.5. The predicted octanol–water partition coefficient (Wildman–Crippen LogP) is 2.84. The van der Waals surface area contributed by atoms with Crippen molar-refractivity contribution >= 4 is 0 Å². The van der Waals surface area contributed by atoms with Crippen molar-refractivity contribution in [3.05, 3.63) is 18.2 Å². The van der Waals surface area contributed by atoms with Crippen molar-refractivity contribution in [2.24, 2.45) is 0 Å². The maximum Gasteiger partial charge on any atom is 0.111 e. The fourth-order valence-electron chi connectivity index (χ4n) is 2.40. The Bertz CT molecular complexity index is 342. The summed E-state index contributed by atoms with van der Waals surface area (Å²) in [4.78, 5) is 4.45. The Labute approximate surface area is 90.7 Å². The topological polar surface area (TPSA) is 41.6 Å². The average molecular weight is 203 g/mol. The number of aromatic nitrogens is 2. The standard InChI is InChI=1S/C12H17N3/c13-7-4-9-15-10-8-14-12(15)11-5-2-1-3-6-11/h8,10-11H,1-6,9H2. The molecule has 1 aromatic rings. The average Bonchev–Trinajstić information content (AvgIpc) is 2.75. The largest absolute Gasteiger partial charge is 0.334 e. The van der Waals surface area contributed by atoms with Gasteiger partial charge in [0, 0.05) is 24.9 Å². The van der Waals surface area contributed by atoms with Crippen LogP contribution < -0.4 is 0 Å². The molecule has 80 valence electrons. The summed E-state index contributed by atoms with van der Waals surface area (Å²) in [5.41, 5.74) is 0. The Hall–Kier alpha value is -1.30. The molecule has 0 unspecified atom stereocenters. The lowest BCUT2D eigenvalue weighted by molar-refractivity contribution is 0.415. The Morgan fingerprint density at radius 1 is 1.40 bits per heavy atom. The molecule has 15 heavy (non-hydrogen) atoms. The Balaban J connectivity index is 2.06. The maximum atomic E-state index is 8.58. The highest BCUT2D eigenvalue weighted by atomic mass is 15.1. The van der Waals surface area contributed by atoms with E-state index in [1.807, 2.05) is 12.4 Å². The molecule has 0 radical (unpaired) electrons. The molecule has 0 saturated heterocycles. The second-order valence-corrected chi connectivity index (χ2v) is 4.22. The molecule has 3 heteroatoms. The van der Waals surface area contributed by atoms with Crippen LogP contribution in [0.5, 0.6) is 0 Å². The van der Waals surface area contributed by atoms with Crippen molar-refractivity contribution in [3.8, 4) is 6.07 Å². The van der Waals surface area contributed by atoms with Crippen molar-refractivity contribution in [2.45, 2.75) is 51.0 Å². The van der Waals surface area contributed by atoms with E-state index in [1.165, 1.54) is 37.9 Å². The fraction of sp³-hybridized carbons (Fsp3) is 0.667. The van der Waals surface area contributed by atoms with Crippen molar-refractivity contribution in [1.82, 2.24) is 9.55 Å².